The first kappa shape index (κ1) is 21.3. The van der Waals surface area contributed by atoms with E-state index in [2.05, 4.69) is 4.90 Å². The summed E-state index contributed by atoms with van der Waals surface area (Å²) >= 11 is 0. The Hall–Kier alpha value is -2.00. The van der Waals surface area contributed by atoms with Crippen molar-refractivity contribution in [3.8, 4) is 11.5 Å². The Morgan fingerprint density at radius 2 is 1.63 bits per heavy atom. The third kappa shape index (κ3) is 6.59. The molecule has 0 radical (unpaired) electrons. The van der Waals surface area contributed by atoms with Crippen LogP contribution in [0.4, 0.5) is 13.2 Å². The fourth-order valence-corrected chi connectivity index (χ4v) is 3.00. The first-order chi connectivity index (χ1) is 12.7. The first-order valence-electron chi connectivity index (χ1n) is 8.71. The predicted molar refractivity (Wildman–Crippen MR) is 95.1 cm³/mol. The van der Waals surface area contributed by atoms with E-state index in [-0.39, 0.29) is 6.54 Å². The minimum absolute atomic E-state index is 0.0146. The molecule has 0 saturated carbocycles. The highest BCUT2D eigenvalue weighted by Gasteiger charge is 2.28. The van der Waals surface area contributed by atoms with Crippen molar-refractivity contribution >= 4 is 5.91 Å². The van der Waals surface area contributed by atoms with Crippen LogP contribution in [0.25, 0.3) is 0 Å². The van der Waals surface area contributed by atoms with Crippen molar-refractivity contribution in [2.24, 2.45) is 0 Å². The van der Waals surface area contributed by atoms with Gasteiger partial charge in [-0.25, -0.2) is 0 Å². The van der Waals surface area contributed by atoms with Crippen LogP contribution in [0.1, 0.15) is 11.1 Å². The van der Waals surface area contributed by atoms with Crippen molar-refractivity contribution in [3.63, 3.8) is 0 Å². The molecule has 1 heterocycles. The van der Waals surface area contributed by atoms with Gasteiger partial charge in [0.15, 0.2) is 11.5 Å². The number of halogens is 3. The zero-order chi connectivity index (χ0) is 20.0. The third-order valence-electron chi connectivity index (χ3n) is 4.55. The van der Waals surface area contributed by atoms with Gasteiger partial charge in [-0.05, 0) is 30.2 Å². The summed E-state index contributed by atoms with van der Waals surface area (Å²) in [6.07, 6.45) is -4.38. The number of hydrogen-bond acceptors (Lipinski definition) is 5. The Morgan fingerprint density at radius 1 is 1.07 bits per heavy atom. The average Bonchev–Trinajstić information content (AvgIpc) is 2.62. The Morgan fingerprint density at radius 3 is 2.19 bits per heavy atom. The normalized spacial score (nSPS) is 16.2. The monoisotopic (exact) mass is 389 g/mol. The molecule has 0 atom stereocenters. The molecule has 1 aliphatic heterocycles. The summed E-state index contributed by atoms with van der Waals surface area (Å²) in [6.45, 7) is 4.18. The van der Waals surface area contributed by atoms with E-state index in [1.54, 1.807) is 14.2 Å². The van der Waals surface area contributed by atoms with Gasteiger partial charge in [-0.2, -0.15) is 13.2 Å². The van der Waals surface area contributed by atoms with E-state index in [1.165, 1.54) is 0 Å². The number of hydrogen-bond donors (Lipinski definition) is 1. The second kappa shape index (κ2) is 9.27. The summed E-state index contributed by atoms with van der Waals surface area (Å²) in [6, 6.07) is 3.90. The summed E-state index contributed by atoms with van der Waals surface area (Å²) in [5.74, 6) is 0.767. The lowest BCUT2D eigenvalue weighted by Crippen LogP contribution is -2.49. The number of rotatable bonds is 7. The summed E-state index contributed by atoms with van der Waals surface area (Å²) in [5, 5.41) is 1.91. The van der Waals surface area contributed by atoms with E-state index in [1.807, 2.05) is 29.3 Å². The van der Waals surface area contributed by atoms with Gasteiger partial charge in [0.25, 0.3) is 0 Å². The number of piperazine rings is 1. The molecule has 1 fully saturated rings. The van der Waals surface area contributed by atoms with E-state index < -0.39 is 18.6 Å². The molecule has 0 unspecified atom stereocenters. The maximum Gasteiger partial charge on any atom is 0.405 e. The van der Waals surface area contributed by atoms with Gasteiger partial charge in [0, 0.05) is 32.7 Å². The van der Waals surface area contributed by atoms with E-state index in [0.717, 1.165) is 30.8 Å². The van der Waals surface area contributed by atoms with Gasteiger partial charge in [-0.3, -0.25) is 14.6 Å². The molecule has 1 amide bonds. The molecule has 1 saturated heterocycles. The van der Waals surface area contributed by atoms with Crippen molar-refractivity contribution in [1.29, 1.82) is 0 Å². The zero-order valence-electron chi connectivity index (χ0n) is 15.9. The number of benzene rings is 1. The number of carbonyl (C=O) groups is 1. The van der Waals surface area contributed by atoms with Crippen LogP contribution >= 0.6 is 0 Å². The van der Waals surface area contributed by atoms with Crippen molar-refractivity contribution < 1.29 is 27.4 Å². The van der Waals surface area contributed by atoms with Crippen molar-refractivity contribution in [2.75, 3.05) is 53.5 Å². The van der Waals surface area contributed by atoms with Crippen LogP contribution in [0.5, 0.6) is 11.5 Å². The molecule has 152 valence electrons. The van der Waals surface area contributed by atoms with E-state index >= 15 is 0 Å². The number of carbonyl (C=O) groups excluding carboxylic acids is 1. The van der Waals surface area contributed by atoms with Gasteiger partial charge in [0.05, 0.1) is 20.8 Å². The summed E-state index contributed by atoms with van der Waals surface area (Å²) in [7, 11) is 3.20. The fourth-order valence-electron chi connectivity index (χ4n) is 3.00. The van der Waals surface area contributed by atoms with E-state index in [9.17, 15) is 18.0 Å². The number of aryl methyl sites for hydroxylation is 1. The number of ether oxygens (including phenoxy) is 2. The third-order valence-corrected chi connectivity index (χ3v) is 4.55. The summed E-state index contributed by atoms with van der Waals surface area (Å²) in [5.41, 5.74) is 2.23. The van der Waals surface area contributed by atoms with Crippen LogP contribution in [0.15, 0.2) is 12.1 Å². The Labute approximate surface area is 157 Å². The molecule has 6 nitrogen and oxygen atoms in total. The molecule has 0 spiro atoms. The van der Waals surface area contributed by atoms with Crippen molar-refractivity contribution in [1.82, 2.24) is 15.1 Å². The molecular weight excluding hydrogens is 363 g/mol. The Balaban J connectivity index is 1.83. The molecule has 0 aliphatic carbocycles. The minimum Gasteiger partial charge on any atom is -0.493 e. The van der Waals surface area contributed by atoms with Crippen LogP contribution in [0.3, 0.4) is 0 Å². The van der Waals surface area contributed by atoms with Gasteiger partial charge >= 0.3 is 6.18 Å². The maximum absolute atomic E-state index is 12.1. The van der Waals surface area contributed by atoms with Gasteiger partial charge in [-0.15, -0.1) is 0 Å². The number of nitrogens with zero attached hydrogens (tertiary/aromatic N) is 2. The average molecular weight is 389 g/mol. The zero-order valence-corrected chi connectivity index (χ0v) is 15.9. The minimum atomic E-state index is -4.38. The smallest absolute Gasteiger partial charge is 0.405 e. The number of nitrogens with one attached hydrogen (secondary N) is 1. The number of alkyl halides is 3. The van der Waals surface area contributed by atoms with Gasteiger partial charge < -0.3 is 14.8 Å². The van der Waals surface area contributed by atoms with Crippen LogP contribution in [0, 0.1) is 6.92 Å². The quantitative estimate of drug-likeness (QED) is 0.771. The first-order valence-corrected chi connectivity index (χ1v) is 8.71. The van der Waals surface area contributed by atoms with Gasteiger partial charge in [0.2, 0.25) is 5.91 Å². The lowest BCUT2D eigenvalue weighted by atomic mass is 10.1. The second-order valence-corrected chi connectivity index (χ2v) is 6.58. The van der Waals surface area contributed by atoms with Crippen molar-refractivity contribution in [3.05, 3.63) is 23.3 Å². The number of methoxy groups -OCH3 is 2. The highest BCUT2D eigenvalue weighted by Crippen LogP contribution is 2.30. The highest BCUT2D eigenvalue weighted by molar-refractivity contribution is 5.78. The Bertz CT molecular complexity index is 645. The molecule has 1 aromatic rings. The molecule has 1 N–H and O–H groups in total. The second-order valence-electron chi connectivity index (χ2n) is 6.58. The standard InChI is InChI=1S/C18H26F3N3O3/c1-13-8-15(26-2)16(27-3)9-14(13)10-23-4-6-24(7-5-23)11-17(25)22-12-18(19,20)21/h8-9H,4-7,10-12H2,1-3H3,(H,22,25). The molecule has 2 rings (SSSR count). The van der Waals surface area contributed by atoms with Crippen LogP contribution in [-0.4, -0.2) is 75.4 Å². The SMILES string of the molecule is COc1cc(C)c(CN2CCN(CC(=O)NCC(F)(F)F)CC2)cc1OC. The van der Waals surface area contributed by atoms with E-state index in [4.69, 9.17) is 9.47 Å². The Kier molecular flexibility index (Phi) is 7.32. The molecule has 1 aromatic carbocycles. The highest BCUT2D eigenvalue weighted by atomic mass is 19.4. The fraction of sp³-hybridized carbons (Fsp3) is 0.611. The topological polar surface area (TPSA) is 54.0 Å². The lowest BCUT2D eigenvalue weighted by molar-refractivity contribution is -0.139. The summed E-state index contributed by atoms with van der Waals surface area (Å²) in [4.78, 5) is 15.7. The molecule has 0 bridgehead atoms. The molecule has 9 heteroatoms. The van der Waals surface area contributed by atoms with Gasteiger partial charge in [0.1, 0.15) is 6.54 Å². The molecular formula is C18H26F3N3O3. The molecule has 0 aromatic heterocycles. The van der Waals surface area contributed by atoms with Crippen LogP contribution < -0.4 is 14.8 Å². The number of amides is 1. The van der Waals surface area contributed by atoms with E-state index in [0.29, 0.717) is 24.6 Å². The maximum atomic E-state index is 12.1. The van der Waals surface area contributed by atoms with Crippen LogP contribution in [-0.2, 0) is 11.3 Å². The largest absolute Gasteiger partial charge is 0.493 e. The lowest BCUT2D eigenvalue weighted by Gasteiger charge is -2.34. The van der Waals surface area contributed by atoms with Crippen molar-refractivity contribution in [2.45, 2.75) is 19.6 Å². The van der Waals surface area contributed by atoms with Gasteiger partial charge in [-0.1, -0.05) is 0 Å². The molecule has 27 heavy (non-hydrogen) atoms. The van der Waals surface area contributed by atoms with Crippen LogP contribution in [0.2, 0.25) is 0 Å². The molecule has 1 aliphatic rings. The summed E-state index contributed by atoms with van der Waals surface area (Å²) < 4.78 is 47.1. The predicted octanol–water partition coefficient (Wildman–Crippen LogP) is 1.81.